The Morgan fingerprint density at radius 1 is 1.38 bits per heavy atom. The zero-order chi connectivity index (χ0) is 9.42. The van der Waals surface area contributed by atoms with E-state index in [1.807, 2.05) is 6.92 Å². The molecule has 0 saturated heterocycles. The van der Waals surface area contributed by atoms with Gasteiger partial charge in [-0.25, -0.2) is 0 Å². The summed E-state index contributed by atoms with van der Waals surface area (Å²) in [6, 6.07) is 6.29. The van der Waals surface area contributed by atoms with Crippen LogP contribution in [0.2, 0.25) is 0 Å². The lowest BCUT2D eigenvalue weighted by Gasteiger charge is -1.95. The first-order valence-corrected chi connectivity index (χ1v) is 6.02. The summed E-state index contributed by atoms with van der Waals surface area (Å²) in [4.78, 5) is 1.24. The molecule has 1 aromatic carbocycles. The molecule has 0 bridgehead atoms. The standard InChI is InChI=1S/C10H10OS2/c1-6-8-4-3-7(12-2)5-9(8)13-10(6)11/h3-5,11H,1-2H3. The van der Waals surface area contributed by atoms with E-state index in [1.165, 1.54) is 26.3 Å². The smallest absolute Gasteiger partial charge is 0.175 e. The van der Waals surface area contributed by atoms with Crippen molar-refractivity contribution < 1.29 is 5.11 Å². The first-order valence-electron chi connectivity index (χ1n) is 3.98. The number of thioether (sulfide) groups is 1. The fourth-order valence-electron chi connectivity index (χ4n) is 1.32. The van der Waals surface area contributed by atoms with Gasteiger partial charge >= 0.3 is 0 Å². The molecule has 0 amide bonds. The molecule has 0 spiro atoms. The third-order valence-electron chi connectivity index (χ3n) is 2.12. The number of fused-ring (bicyclic) bond motifs is 1. The fourth-order valence-corrected chi connectivity index (χ4v) is 2.82. The van der Waals surface area contributed by atoms with Crippen molar-refractivity contribution in [2.45, 2.75) is 11.8 Å². The fraction of sp³-hybridized carbons (Fsp3) is 0.200. The molecule has 1 heterocycles. The number of rotatable bonds is 1. The normalized spacial score (nSPS) is 10.9. The van der Waals surface area contributed by atoms with Crippen molar-refractivity contribution in [1.82, 2.24) is 0 Å². The van der Waals surface area contributed by atoms with Gasteiger partial charge in [0.05, 0.1) is 0 Å². The van der Waals surface area contributed by atoms with Gasteiger partial charge in [0.1, 0.15) is 0 Å². The van der Waals surface area contributed by atoms with E-state index < -0.39 is 0 Å². The van der Waals surface area contributed by atoms with Gasteiger partial charge in [-0.2, -0.15) is 0 Å². The third-order valence-corrected chi connectivity index (χ3v) is 3.90. The van der Waals surface area contributed by atoms with E-state index in [0.29, 0.717) is 5.06 Å². The van der Waals surface area contributed by atoms with Crippen molar-refractivity contribution >= 4 is 33.2 Å². The summed E-state index contributed by atoms with van der Waals surface area (Å²) in [6.45, 7) is 1.95. The topological polar surface area (TPSA) is 20.2 Å². The summed E-state index contributed by atoms with van der Waals surface area (Å²) >= 11 is 3.17. The van der Waals surface area contributed by atoms with Crippen molar-refractivity contribution in [3.8, 4) is 5.06 Å². The number of hydrogen-bond donors (Lipinski definition) is 1. The maximum atomic E-state index is 9.52. The van der Waals surface area contributed by atoms with Gasteiger partial charge < -0.3 is 5.11 Å². The van der Waals surface area contributed by atoms with Crippen LogP contribution in [0.15, 0.2) is 23.1 Å². The van der Waals surface area contributed by atoms with Gasteiger partial charge in [0.15, 0.2) is 5.06 Å². The summed E-state index contributed by atoms with van der Waals surface area (Å²) < 4.78 is 1.17. The highest BCUT2D eigenvalue weighted by Gasteiger charge is 2.06. The molecule has 0 saturated carbocycles. The molecule has 0 aliphatic carbocycles. The molecule has 0 unspecified atom stereocenters. The first kappa shape index (κ1) is 8.91. The van der Waals surface area contributed by atoms with Crippen molar-refractivity contribution in [3.63, 3.8) is 0 Å². The van der Waals surface area contributed by atoms with Gasteiger partial charge in [-0.1, -0.05) is 17.4 Å². The number of aryl methyl sites for hydroxylation is 1. The lowest BCUT2D eigenvalue weighted by atomic mass is 10.2. The minimum absolute atomic E-state index is 0.438. The minimum atomic E-state index is 0.438. The summed E-state index contributed by atoms with van der Waals surface area (Å²) in [7, 11) is 0. The van der Waals surface area contributed by atoms with E-state index in [9.17, 15) is 5.11 Å². The molecule has 13 heavy (non-hydrogen) atoms. The van der Waals surface area contributed by atoms with Gasteiger partial charge in [0, 0.05) is 15.2 Å². The Balaban J connectivity index is 2.73. The predicted octanol–water partition coefficient (Wildman–Crippen LogP) is 3.64. The van der Waals surface area contributed by atoms with Gasteiger partial charge in [0.25, 0.3) is 0 Å². The van der Waals surface area contributed by atoms with Crippen LogP contribution in [0.3, 0.4) is 0 Å². The second-order valence-corrected chi connectivity index (χ2v) is 4.80. The Morgan fingerprint density at radius 2 is 2.15 bits per heavy atom. The quantitative estimate of drug-likeness (QED) is 0.725. The van der Waals surface area contributed by atoms with Crippen LogP contribution < -0.4 is 0 Å². The van der Waals surface area contributed by atoms with E-state index in [-0.39, 0.29) is 0 Å². The molecule has 2 rings (SSSR count). The molecule has 0 radical (unpaired) electrons. The average Bonchev–Trinajstić information content (AvgIpc) is 2.42. The number of thiophene rings is 1. The maximum absolute atomic E-state index is 9.52. The molecular weight excluding hydrogens is 200 g/mol. The van der Waals surface area contributed by atoms with E-state index in [4.69, 9.17) is 0 Å². The SMILES string of the molecule is CSc1ccc2c(C)c(O)sc2c1. The molecule has 2 aromatic rings. The zero-order valence-corrected chi connectivity index (χ0v) is 9.13. The van der Waals surface area contributed by atoms with E-state index in [2.05, 4.69) is 24.5 Å². The Morgan fingerprint density at radius 3 is 2.85 bits per heavy atom. The molecule has 0 aliphatic heterocycles. The highest BCUT2D eigenvalue weighted by atomic mass is 32.2. The van der Waals surface area contributed by atoms with Crippen LogP contribution in [-0.4, -0.2) is 11.4 Å². The predicted molar refractivity (Wildman–Crippen MR) is 60.0 cm³/mol. The molecule has 0 atom stereocenters. The van der Waals surface area contributed by atoms with E-state index in [1.54, 1.807) is 11.8 Å². The molecule has 3 heteroatoms. The highest BCUT2D eigenvalue weighted by molar-refractivity contribution is 7.98. The van der Waals surface area contributed by atoms with Crippen LogP contribution in [0, 0.1) is 6.92 Å². The molecule has 0 fully saturated rings. The lowest BCUT2D eigenvalue weighted by molar-refractivity contribution is 0.487. The maximum Gasteiger partial charge on any atom is 0.175 e. The first-order chi connectivity index (χ1) is 6.22. The van der Waals surface area contributed by atoms with Crippen LogP contribution >= 0.6 is 23.1 Å². The summed E-state index contributed by atoms with van der Waals surface area (Å²) in [5, 5.41) is 11.1. The van der Waals surface area contributed by atoms with Gasteiger partial charge in [0.2, 0.25) is 0 Å². The molecule has 1 aromatic heterocycles. The summed E-state index contributed by atoms with van der Waals surface area (Å²) in [6.07, 6.45) is 2.06. The zero-order valence-electron chi connectivity index (χ0n) is 7.50. The van der Waals surface area contributed by atoms with Crippen LogP contribution in [0.4, 0.5) is 0 Å². The average molecular weight is 210 g/mol. The summed E-state index contributed by atoms with van der Waals surface area (Å²) in [5.41, 5.74) is 0.993. The van der Waals surface area contributed by atoms with E-state index in [0.717, 1.165) is 5.56 Å². The molecule has 68 valence electrons. The number of hydrogen-bond acceptors (Lipinski definition) is 3. The Hall–Kier alpha value is -0.670. The second kappa shape index (κ2) is 3.24. The van der Waals surface area contributed by atoms with Crippen molar-refractivity contribution in [3.05, 3.63) is 23.8 Å². The minimum Gasteiger partial charge on any atom is -0.499 e. The Bertz CT molecular complexity index is 445. The molecular formula is C10H10OS2. The van der Waals surface area contributed by atoms with Crippen molar-refractivity contribution in [1.29, 1.82) is 0 Å². The van der Waals surface area contributed by atoms with Crippen molar-refractivity contribution in [2.75, 3.05) is 6.26 Å². The third kappa shape index (κ3) is 1.42. The van der Waals surface area contributed by atoms with Crippen LogP contribution in [-0.2, 0) is 0 Å². The van der Waals surface area contributed by atoms with Crippen molar-refractivity contribution in [2.24, 2.45) is 0 Å². The molecule has 1 nitrogen and oxygen atoms in total. The van der Waals surface area contributed by atoms with Crippen LogP contribution in [0.1, 0.15) is 5.56 Å². The Kier molecular flexibility index (Phi) is 2.22. The Labute approximate surface area is 85.4 Å². The summed E-state index contributed by atoms with van der Waals surface area (Å²) in [5.74, 6) is 0. The van der Waals surface area contributed by atoms with Crippen LogP contribution in [0.25, 0.3) is 10.1 Å². The van der Waals surface area contributed by atoms with Gasteiger partial charge in [-0.05, 0) is 30.7 Å². The number of benzene rings is 1. The molecule has 0 aliphatic rings. The highest BCUT2D eigenvalue weighted by Crippen LogP contribution is 2.37. The lowest BCUT2D eigenvalue weighted by Crippen LogP contribution is -1.70. The number of aromatic hydroxyl groups is 1. The van der Waals surface area contributed by atoms with E-state index >= 15 is 0 Å². The van der Waals surface area contributed by atoms with Gasteiger partial charge in [-0.3, -0.25) is 0 Å². The largest absolute Gasteiger partial charge is 0.499 e. The van der Waals surface area contributed by atoms with Gasteiger partial charge in [-0.15, -0.1) is 11.8 Å². The monoisotopic (exact) mass is 210 g/mol. The molecule has 1 N–H and O–H groups in total. The van der Waals surface area contributed by atoms with Crippen LogP contribution in [0.5, 0.6) is 5.06 Å². The second-order valence-electron chi connectivity index (χ2n) is 2.89.